The van der Waals surface area contributed by atoms with Gasteiger partial charge in [-0.05, 0) is 31.4 Å². The van der Waals surface area contributed by atoms with E-state index in [-0.39, 0.29) is 24.7 Å². The first-order chi connectivity index (χ1) is 12.9. The van der Waals surface area contributed by atoms with Crippen molar-refractivity contribution in [2.75, 3.05) is 0 Å². The zero-order valence-electron chi connectivity index (χ0n) is 15.3. The van der Waals surface area contributed by atoms with Gasteiger partial charge in [0.25, 0.3) is 0 Å². The third kappa shape index (κ3) is 4.45. The average Bonchev–Trinajstić information content (AvgIpc) is 3.18. The molecule has 0 bridgehead atoms. The number of rotatable bonds is 8. The number of fused-ring (bicyclic) bond motifs is 1. The summed E-state index contributed by atoms with van der Waals surface area (Å²) >= 11 is 0. The van der Waals surface area contributed by atoms with Crippen LogP contribution in [0, 0.1) is 0 Å². The van der Waals surface area contributed by atoms with Gasteiger partial charge >= 0.3 is 5.97 Å². The molecule has 3 N–H and O–H groups in total. The van der Waals surface area contributed by atoms with Crippen molar-refractivity contribution in [2.45, 2.75) is 50.6 Å². The Hall–Kier alpha value is -2.90. The van der Waals surface area contributed by atoms with E-state index in [1.165, 1.54) is 0 Å². The topological polar surface area (TPSA) is 113 Å². The number of carboxylic acids is 1. The molecule has 1 aliphatic rings. The highest BCUT2D eigenvalue weighted by molar-refractivity contribution is 5.80. The molecule has 2 heterocycles. The van der Waals surface area contributed by atoms with Gasteiger partial charge in [-0.15, -0.1) is 0 Å². The summed E-state index contributed by atoms with van der Waals surface area (Å²) < 4.78 is 1.95. The predicted octanol–water partition coefficient (Wildman–Crippen LogP) is 1.48. The van der Waals surface area contributed by atoms with Gasteiger partial charge in [-0.2, -0.15) is 0 Å². The van der Waals surface area contributed by atoms with Crippen molar-refractivity contribution in [1.82, 2.24) is 20.2 Å². The highest BCUT2D eigenvalue weighted by atomic mass is 16.4. The molecule has 1 aromatic heterocycles. The van der Waals surface area contributed by atoms with E-state index >= 15 is 0 Å². The van der Waals surface area contributed by atoms with Crippen molar-refractivity contribution in [2.24, 2.45) is 7.05 Å². The number of aliphatic carboxylic acids is 1. The molecule has 2 amide bonds. The number of carbonyl (C=O) groups excluding carboxylic acids is 2. The lowest BCUT2D eigenvalue weighted by molar-refractivity contribution is -0.137. The molecule has 0 aliphatic carbocycles. The summed E-state index contributed by atoms with van der Waals surface area (Å²) in [6, 6.07) is 7.77. The van der Waals surface area contributed by atoms with E-state index in [0.717, 1.165) is 16.9 Å². The van der Waals surface area contributed by atoms with Crippen LogP contribution in [0.5, 0.6) is 0 Å². The lowest BCUT2D eigenvalue weighted by Crippen LogP contribution is -2.43. The molecule has 1 saturated heterocycles. The smallest absolute Gasteiger partial charge is 0.303 e. The molecule has 0 saturated carbocycles. The monoisotopic (exact) mass is 372 g/mol. The number of nitrogens with zero attached hydrogens (tertiary/aromatic N) is 2. The largest absolute Gasteiger partial charge is 0.481 e. The Kier molecular flexibility index (Phi) is 5.43. The molecule has 2 aromatic rings. The van der Waals surface area contributed by atoms with Crippen LogP contribution in [0.3, 0.4) is 0 Å². The zero-order chi connectivity index (χ0) is 19.4. The van der Waals surface area contributed by atoms with E-state index in [1.807, 2.05) is 35.9 Å². The lowest BCUT2D eigenvalue weighted by Gasteiger charge is -2.28. The fraction of sp³-hybridized carbons (Fsp3) is 0.474. The van der Waals surface area contributed by atoms with Gasteiger partial charge in [0.1, 0.15) is 5.82 Å². The average molecular weight is 372 g/mol. The first kappa shape index (κ1) is 18.9. The third-order valence-electron chi connectivity index (χ3n) is 5.21. The van der Waals surface area contributed by atoms with Crippen molar-refractivity contribution in [3.63, 3.8) is 0 Å². The zero-order valence-corrected chi connectivity index (χ0v) is 15.3. The standard InChI is InChI=1S/C19H24N4O4/c1-23-14-5-3-2-4-13(14)21-15(23)12-20-16(24)6-9-19(11-8-18(26)27)10-7-17(25)22-19/h2-5H,6-12H2,1H3,(H,20,24)(H,22,25)(H,26,27)/t19-/m1/s1. The number of hydrogen-bond acceptors (Lipinski definition) is 4. The van der Waals surface area contributed by atoms with Crippen LogP contribution in [-0.2, 0) is 28.0 Å². The van der Waals surface area contributed by atoms with Crippen molar-refractivity contribution in [3.8, 4) is 0 Å². The SMILES string of the molecule is Cn1c(CNC(=O)CC[C@]2(CCC(=O)O)CCC(=O)N2)nc2ccccc21. The van der Waals surface area contributed by atoms with E-state index in [9.17, 15) is 14.4 Å². The van der Waals surface area contributed by atoms with Crippen molar-refractivity contribution in [3.05, 3.63) is 30.1 Å². The molecule has 0 radical (unpaired) electrons. The van der Waals surface area contributed by atoms with Crippen molar-refractivity contribution >= 4 is 28.8 Å². The lowest BCUT2D eigenvalue weighted by atomic mass is 9.86. The summed E-state index contributed by atoms with van der Waals surface area (Å²) in [5, 5.41) is 14.7. The number of hydrogen-bond donors (Lipinski definition) is 3. The van der Waals surface area contributed by atoms with Crippen molar-refractivity contribution < 1.29 is 19.5 Å². The van der Waals surface area contributed by atoms with Gasteiger partial charge < -0.3 is 20.3 Å². The van der Waals surface area contributed by atoms with Gasteiger partial charge in [-0.25, -0.2) is 4.98 Å². The number of nitrogens with one attached hydrogen (secondary N) is 2. The molecule has 0 unspecified atom stereocenters. The van der Waals surface area contributed by atoms with Crippen LogP contribution in [0.25, 0.3) is 11.0 Å². The molecule has 8 nitrogen and oxygen atoms in total. The number of para-hydroxylation sites is 2. The summed E-state index contributed by atoms with van der Waals surface area (Å²) in [4.78, 5) is 39.3. The van der Waals surface area contributed by atoms with E-state index in [1.54, 1.807) is 0 Å². The first-order valence-electron chi connectivity index (χ1n) is 9.08. The number of imidazole rings is 1. The van der Waals surface area contributed by atoms with Crippen LogP contribution in [0.15, 0.2) is 24.3 Å². The molecule has 1 atom stereocenters. The second-order valence-electron chi connectivity index (χ2n) is 7.07. The third-order valence-corrected chi connectivity index (χ3v) is 5.21. The fourth-order valence-electron chi connectivity index (χ4n) is 3.59. The Balaban J connectivity index is 1.55. The van der Waals surface area contributed by atoms with Gasteiger partial charge in [0.15, 0.2) is 0 Å². The van der Waals surface area contributed by atoms with E-state index in [4.69, 9.17) is 5.11 Å². The molecule has 1 aliphatic heterocycles. The summed E-state index contributed by atoms with van der Waals surface area (Å²) in [6.45, 7) is 0.318. The predicted molar refractivity (Wildman–Crippen MR) is 98.8 cm³/mol. The molecule has 3 rings (SSSR count). The van der Waals surface area contributed by atoms with Crippen LogP contribution < -0.4 is 10.6 Å². The number of amides is 2. The molecule has 27 heavy (non-hydrogen) atoms. The second-order valence-corrected chi connectivity index (χ2v) is 7.07. The number of aromatic nitrogens is 2. The Labute approximate surface area is 157 Å². The van der Waals surface area contributed by atoms with Gasteiger partial charge in [-0.3, -0.25) is 14.4 Å². The second kappa shape index (κ2) is 7.77. The minimum absolute atomic E-state index is 0.0260. The van der Waals surface area contributed by atoms with Crippen LogP contribution in [0.4, 0.5) is 0 Å². The number of aryl methyl sites for hydroxylation is 1. The molecule has 0 spiro atoms. The van der Waals surface area contributed by atoms with E-state index < -0.39 is 11.5 Å². The number of carbonyl (C=O) groups is 3. The van der Waals surface area contributed by atoms with Crippen LogP contribution in [0.2, 0.25) is 0 Å². The summed E-state index contributed by atoms with van der Waals surface area (Å²) in [7, 11) is 1.91. The van der Waals surface area contributed by atoms with Crippen molar-refractivity contribution in [1.29, 1.82) is 0 Å². The van der Waals surface area contributed by atoms with Gasteiger partial charge in [-0.1, -0.05) is 12.1 Å². The van der Waals surface area contributed by atoms with Crippen LogP contribution in [0.1, 0.15) is 44.3 Å². The van der Waals surface area contributed by atoms with Gasteiger partial charge in [0.2, 0.25) is 11.8 Å². The Bertz CT molecular complexity index is 876. The Morgan fingerprint density at radius 3 is 2.70 bits per heavy atom. The first-order valence-corrected chi connectivity index (χ1v) is 9.08. The minimum atomic E-state index is -0.901. The maximum atomic E-state index is 12.3. The maximum Gasteiger partial charge on any atom is 0.303 e. The quantitative estimate of drug-likeness (QED) is 0.650. The van der Waals surface area contributed by atoms with Gasteiger partial charge in [0, 0.05) is 31.8 Å². The number of carboxylic acid groups (broad SMARTS) is 1. The van der Waals surface area contributed by atoms with Crippen LogP contribution in [-0.4, -0.2) is 38.0 Å². The minimum Gasteiger partial charge on any atom is -0.481 e. The van der Waals surface area contributed by atoms with Crippen LogP contribution >= 0.6 is 0 Å². The summed E-state index contributed by atoms with van der Waals surface area (Å²) in [6.07, 6.45) is 1.91. The van der Waals surface area contributed by atoms with E-state index in [2.05, 4.69) is 15.6 Å². The maximum absolute atomic E-state index is 12.3. The molecular formula is C19H24N4O4. The van der Waals surface area contributed by atoms with Gasteiger partial charge in [0.05, 0.1) is 17.6 Å². The summed E-state index contributed by atoms with van der Waals surface area (Å²) in [5.41, 5.74) is 1.29. The molecule has 1 fully saturated rings. The normalized spacial score (nSPS) is 19.2. The summed E-state index contributed by atoms with van der Waals surface area (Å²) in [5.74, 6) is -0.362. The highest BCUT2D eigenvalue weighted by Gasteiger charge is 2.37. The fourth-order valence-corrected chi connectivity index (χ4v) is 3.59. The Morgan fingerprint density at radius 1 is 1.30 bits per heavy atom. The molecule has 1 aromatic carbocycles. The highest BCUT2D eigenvalue weighted by Crippen LogP contribution is 2.30. The van der Waals surface area contributed by atoms with E-state index in [0.29, 0.717) is 32.2 Å². The molecule has 144 valence electrons. The number of benzene rings is 1. The molecule has 8 heteroatoms. The Morgan fingerprint density at radius 2 is 2.04 bits per heavy atom. The molecular weight excluding hydrogens is 348 g/mol.